The van der Waals surface area contributed by atoms with Gasteiger partial charge in [0.2, 0.25) is 5.91 Å². The Morgan fingerprint density at radius 3 is 2.74 bits per heavy atom. The summed E-state index contributed by atoms with van der Waals surface area (Å²) in [4.78, 5) is 13.7. The third kappa shape index (κ3) is 1.77. The summed E-state index contributed by atoms with van der Waals surface area (Å²) < 4.78 is 0. The van der Waals surface area contributed by atoms with Gasteiger partial charge in [-0.2, -0.15) is 0 Å². The number of carbonyl (C=O) groups excluding carboxylic acids is 1. The van der Waals surface area contributed by atoms with E-state index in [0.717, 1.165) is 17.8 Å². The van der Waals surface area contributed by atoms with E-state index in [2.05, 4.69) is 48.5 Å². The van der Waals surface area contributed by atoms with E-state index in [9.17, 15) is 4.79 Å². The van der Waals surface area contributed by atoms with Crippen LogP contribution < -0.4 is 5.32 Å². The Morgan fingerprint density at radius 1 is 1.32 bits per heavy atom. The first-order valence-electron chi connectivity index (χ1n) is 6.65. The number of nitrogens with zero attached hydrogens (tertiary/aromatic N) is 1. The van der Waals surface area contributed by atoms with E-state index in [1.165, 1.54) is 11.1 Å². The molecule has 0 aliphatic carbocycles. The summed E-state index contributed by atoms with van der Waals surface area (Å²) in [5, 5.41) is 2.86. The molecule has 1 N–H and O–H groups in total. The standard InChI is InChI=1S/C16H18N2O/c1-10-15(8-9-16(19)17-10)18-11(2)13-6-4-5-7-14(13)12(18)3/h4-7,12,15H,1-2,8-9H2,3H3,(H,17,19). The average Bonchev–Trinajstić information content (AvgIpc) is 2.64. The van der Waals surface area contributed by atoms with Gasteiger partial charge in [-0.25, -0.2) is 0 Å². The molecule has 2 heterocycles. The van der Waals surface area contributed by atoms with Gasteiger partial charge < -0.3 is 10.2 Å². The minimum atomic E-state index is 0.0660. The van der Waals surface area contributed by atoms with Crippen LogP contribution in [0.4, 0.5) is 0 Å². The van der Waals surface area contributed by atoms with Gasteiger partial charge in [-0.05, 0) is 18.9 Å². The molecule has 0 saturated carbocycles. The van der Waals surface area contributed by atoms with E-state index >= 15 is 0 Å². The second-order valence-electron chi connectivity index (χ2n) is 5.25. The SMILES string of the molecule is C=C1NC(=O)CCC1N1C(=C)c2ccccc2C1C. The molecule has 2 aliphatic heterocycles. The van der Waals surface area contributed by atoms with Crippen LogP contribution in [-0.2, 0) is 4.79 Å². The number of amides is 1. The minimum Gasteiger partial charge on any atom is -0.356 e. The fourth-order valence-corrected chi connectivity index (χ4v) is 3.18. The van der Waals surface area contributed by atoms with E-state index in [4.69, 9.17) is 0 Å². The normalized spacial score (nSPS) is 26.4. The maximum absolute atomic E-state index is 11.4. The molecule has 1 aromatic rings. The van der Waals surface area contributed by atoms with Crippen molar-refractivity contribution in [3.63, 3.8) is 0 Å². The van der Waals surface area contributed by atoms with Crippen molar-refractivity contribution >= 4 is 11.6 Å². The zero-order valence-electron chi connectivity index (χ0n) is 11.1. The maximum Gasteiger partial charge on any atom is 0.224 e. The number of hydrogen-bond acceptors (Lipinski definition) is 2. The Kier molecular flexibility index (Phi) is 2.70. The van der Waals surface area contributed by atoms with E-state index in [-0.39, 0.29) is 18.0 Å². The Bertz CT molecular complexity index is 576. The van der Waals surface area contributed by atoms with Crippen LogP contribution in [0.1, 0.15) is 36.9 Å². The summed E-state index contributed by atoms with van der Waals surface area (Å²) in [6.07, 6.45) is 1.36. The van der Waals surface area contributed by atoms with Crippen molar-refractivity contribution in [2.24, 2.45) is 0 Å². The fraction of sp³-hybridized carbons (Fsp3) is 0.312. The van der Waals surface area contributed by atoms with Crippen LogP contribution in [0.25, 0.3) is 5.70 Å². The van der Waals surface area contributed by atoms with Crippen LogP contribution in [0.5, 0.6) is 0 Å². The molecule has 98 valence electrons. The summed E-state index contributed by atoms with van der Waals surface area (Å²) in [7, 11) is 0. The molecule has 0 bridgehead atoms. The molecule has 0 spiro atoms. The van der Waals surface area contributed by atoms with E-state index in [1.807, 2.05) is 6.07 Å². The Hall–Kier alpha value is -2.03. The molecular weight excluding hydrogens is 236 g/mol. The molecule has 2 unspecified atom stereocenters. The van der Waals surface area contributed by atoms with Crippen LogP contribution in [0.15, 0.2) is 43.1 Å². The zero-order chi connectivity index (χ0) is 13.6. The van der Waals surface area contributed by atoms with Crippen LogP contribution in [0, 0.1) is 0 Å². The number of piperidine rings is 1. The monoisotopic (exact) mass is 254 g/mol. The lowest BCUT2D eigenvalue weighted by molar-refractivity contribution is -0.121. The maximum atomic E-state index is 11.4. The highest BCUT2D eigenvalue weighted by Crippen LogP contribution is 2.43. The number of nitrogens with one attached hydrogen (secondary N) is 1. The predicted octanol–water partition coefficient (Wildman–Crippen LogP) is 2.83. The summed E-state index contributed by atoms with van der Waals surface area (Å²) >= 11 is 0. The number of rotatable bonds is 1. The van der Waals surface area contributed by atoms with Crippen LogP contribution >= 0.6 is 0 Å². The summed E-state index contributed by atoms with van der Waals surface area (Å²) in [6, 6.07) is 8.78. The Balaban J connectivity index is 1.94. The molecule has 3 rings (SSSR count). The van der Waals surface area contributed by atoms with Crippen molar-refractivity contribution in [1.29, 1.82) is 0 Å². The van der Waals surface area contributed by atoms with Gasteiger partial charge in [0.15, 0.2) is 0 Å². The van der Waals surface area contributed by atoms with Gasteiger partial charge in [0, 0.05) is 23.4 Å². The third-order valence-corrected chi connectivity index (χ3v) is 4.13. The van der Waals surface area contributed by atoms with Gasteiger partial charge in [-0.1, -0.05) is 37.4 Å². The van der Waals surface area contributed by atoms with Crippen molar-refractivity contribution in [2.45, 2.75) is 31.8 Å². The number of fused-ring (bicyclic) bond motifs is 1. The topological polar surface area (TPSA) is 32.3 Å². The smallest absolute Gasteiger partial charge is 0.224 e. The van der Waals surface area contributed by atoms with Gasteiger partial charge in [0.1, 0.15) is 0 Å². The molecule has 2 atom stereocenters. The largest absolute Gasteiger partial charge is 0.356 e. The number of carbonyl (C=O) groups is 1. The van der Waals surface area contributed by atoms with E-state index < -0.39 is 0 Å². The number of benzene rings is 1. The minimum absolute atomic E-state index is 0.0660. The Labute approximate surface area is 113 Å². The Morgan fingerprint density at radius 2 is 2.05 bits per heavy atom. The van der Waals surface area contributed by atoms with Crippen molar-refractivity contribution in [3.05, 3.63) is 54.2 Å². The second-order valence-corrected chi connectivity index (χ2v) is 5.25. The van der Waals surface area contributed by atoms with E-state index in [0.29, 0.717) is 6.42 Å². The van der Waals surface area contributed by atoms with Crippen molar-refractivity contribution in [2.75, 3.05) is 0 Å². The molecular formula is C16H18N2O. The van der Waals surface area contributed by atoms with Crippen LogP contribution in [0.2, 0.25) is 0 Å². The van der Waals surface area contributed by atoms with Gasteiger partial charge >= 0.3 is 0 Å². The molecule has 1 saturated heterocycles. The molecule has 0 aromatic heterocycles. The van der Waals surface area contributed by atoms with Crippen LogP contribution in [-0.4, -0.2) is 16.8 Å². The highest BCUT2D eigenvalue weighted by atomic mass is 16.1. The lowest BCUT2D eigenvalue weighted by Crippen LogP contribution is -2.44. The van der Waals surface area contributed by atoms with Gasteiger partial charge in [-0.15, -0.1) is 0 Å². The van der Waals surface area contributed by atoms with Crippen LogP contribution in [0.3, 0.4) is 0 Å². The quantitative estimate of drug-likeness (QED) is 0.835. The first kappa shape index (κ1) is 12.0. The van der Waals surface area contributed by atoms with Crippen molar-refractivity contribution in [3.8, 4) is 0 Å². The van der Waals surface area contributed by atoms with Gasteiger partial charge in [0.05, 0.1) is 12.1 Å². The second kappa shape index (κ2) is 4.26. The molecule has 1 fully saturated rings. The summed E-state index contributed by atoms with van der Waals surface area (Å²) in [5.41, 5.74) is 4.33. The van der Waals surface area contributed by atoms with Gasteiger partial charge in [0.25, 0.3) is 0 Å². The van der Waals surface area contributed by atoms with Crippen molar-refractivity contribution in [1.82, 2.24) is 10.2 Å². The summed E-state index contributed by atoms with van der Waals surface area (Å²) in [6.45, 7) is 10.4. The lowest BCUT2D eigenvalue weighted by atomic mass is 10.0. The predicted molar refractivity (Wildman–Crippen MR) is 76.0 cm³/mol. The molecule has 1 amide bonds. The lowest BCUT2D eigenvalue weighted by Gasteiger charge is -2.38. The van der Waals surface area contributed by atoms with Crippen molar-refractivity contribution < 1.29 is 4.79 Å². The molecule has 0 radical (unpaired) electrons. The summed E-state index contributed by atoms with van der Waals surface area (Å²) in [5.74, 6) is 0.0660. The third-order valence-electron chi connectivity index (χ3n) is 4.13. The van der Waals surface area contributed by atoms with E-state index in [1.54, 1.807) is 0 Å². The first-order valence-corrected chi connectivity index (χ1v) is 6.65. The molecule has 3 heteroatoms. The van der Waals surface area contributed by atoms with Gasteiger partial charge in [-0.3, -0.25) is 4.79 Å². The molecule has 2 aliphatic rings. The average molecular weight is 254 g/mol. The molecule has 19 heavy (non-hydrogen) atoms. The molecule has 1 aromatic carbocycles. The number of hydrogen-bond donors (Lipinski definition) is 1. The highest BCUT2D eigenvalue weighted by molar-refractivity contribution is 5.80. The fourth-order valence-electron chi connectivity index (χ4n) is 3.18. The highest BCUT2D eigenvalue weighted by Gasteiger charge is 2.37. The first-order chi connectivity index (χ1) is 9.09. The zero-order valence-corrected chi connectivity index (χ0v) is 11.1. The molecule has 3 nitrogen and oxygen atoms in total.